The summed E-state index contributed by atoms with van der Waals surface area (Å²) in [6.45, 7) is 0. The number of fused-ring (bicyclic) bond motifs is 5. The van der Waals surface area contributed by atoms with E-state index in [2.05, 4.69) is 73.2 Å². The van der Waals surface area contributed by atoms with Gasteiger partial charge in [0.2, 0.25) is 0 Å². The van der Waals surface area contributed by atoms with Gasteiger partial charge in [0, 0.05) is 11.4 Å². The van der Waals surface area contributed by atoms with Gasteiger partial charge in [-0.15, -0.1) is 0 Å². The van der Waals surface area contributed by atoms with Gasteiger partial charge in [0.25, 0.3) is 0 Å². The first-order valence-electron chi connectivity index (χ1n) is 5.40. The van der Waals surface area contributed by atoms with Crippen molar-refractivity contribution in [3.63, 3.8) is 0 Å². The number of hydrogen-bond acceptors (Lipinski definition) is 2. The fraction of sp³-hybridized carbons (Fsp3) is 0. The van der Waals surface area contributed by atoms with Crippen LogP contribution in [0.25, 0.3) is 0 Å². The van der Waals surface area contributed by atoms with Crippen LogP contribution in [0.5, 0.6) is 0 Å². The Bertz CT molecular complexity index is 519. The van der Waals surface area contributed by atoms with Gasteiger partial charge in [0.05, 0.1) is 0 Å². The minimum absolute atomic E-state index is 1.25. The zero-order valence-corrected chi connectivity index (χ0v) is 8.67. The highest BCUT2D eigenvalue weighted by molar-refractivity contribution is 6.75. The van der Waals surface area contributed by atoms with E-state index in [1.165, 1.54) is 22.3 Å². The molecule has 4 heteroatoms. The Kier molecular flexibility index (Phi) is 1.48. The first-order chi connectivity index (χ1) is 7.93. The van der Waals surface area contributed by atoms with E-state index in [4.69, 9.17) is 0 Å². The van der Waals surface area contributed by atoms with Crippen LogP contribution >= 0.6 is 0 Å². The standard InChI is InChI=1S/C12H8B2N2/c1-3-7-11-9(5-1)13-16-12-8-4-2-6-10(12)14-15(11)16/h1-8H. The van der Waals surface area contributed by atoms with Gasteiger partial charge >= 0.3 is 14.8 Å². The Balaban J connectivity index is 1.86. The number of hydrogen-bond donors (Lipinski definition) is 0. The van der Waals surface area contributed by atoms with E-state index < -0.39 is 0 Å². The van der Waals surface area contributed by atoms with Crippen LogP contribution in [0.1, 0.15) is 0 Å². The van der Waals surface area contributed by atoms with Crippen molar-refractivity contribution in [2.24, 2.45) is 0 Å². The normalized spacial score (nSPS) is 15.0. The zero-order valence-electron chi connectivity index (χ0n) is 8.67. The Morgan fingerprint density at radius 2 is 1.06 bits per heavy atom. The van der Waals surface area contributed by atoms with Crippen molar-refractivity contribution in [1.82, 2.24) is 0 Å². The van der Waals surface area contributed by atoms with E-state index >= 15 is 0 Å². The number of hydrazine groups is 1. The molecule has 2 nitrogen and oxygen atoms in total. The molecule has 2 radical (unpaired) electrons. The molecule has 0 aromatic heterocycles. The summed E-state index contributed by atoms with van der Waals surface area (Å²) in [6, 6.07) is 16.9. The van der Waals surface area contributed by atoms with Gasteiger partial charge in [-0.3, -0.25) is 0 Å². The maximum atomic E-state index is 2.19. The van der Waals surface area contributed by atoms with Gasteiger partial charge in [-0.05, 0) is 23.1 Å². The minimum Gasteiger partial charge on any atom is -0.342 e. The predicted molar refractivity (Wildman–Crippen MR) is 68.6 cm³/mol. The Labute approximate surface area is 96.0 Å². The number of anilines is 2. The zero-order chi connectivity index (χ0) is 10.5. The highest BCUT2D eigenvalue weighted by Crippen LogP contribution is 2.27. The lowest BCUT2D eigenvalue weighted by atomic mass is 9.78. The fourth-order valence-corrected chi connectivity index (χ4v) is 2.37. The summed E-state index contributed by atoms with van der Waals surface area (Å²) in [5.74, 6) is 0. The Morgan fingerprint density at radius 1 is 0.625 bits per heavy atom. The summed E-state index contributed by atoms with van der Waals surface area (Å²) in [6.07, 6.45) is 0. The monoisotopic (exact) mass is 202 g/mol. The van der Waals surface area contributed by atoms with Crippen molar-refractivity contribution >= 4 is 37.1 Å². The Morgan fingerprint density at radius 3 is 1.56 bits per heavy atom. The lowest BCUT2D eigenvalue weighted by Gasteiger charge is -2.25. The molecule has 0 bridgehead atoms. The van der Waals surface area contributed by atoms with Crippen LogP contribution in [-0.2, 0) is 0 Å². The molecule has 2 aromatic carbocycles. The molecule has 0 atom stereocenters. The van der Waals surface area contributed by atoms with Crippen molar-refractivity contribution in [2.75, 3.05) is 9.84 Å². The van der Waals surface area contributed by atoms with Crippen LogP contribution in [0.4, 0.5) is 11.4 Å². The van der Waals surface area contributed by atoms with E-state index in [1.54, 1.807) is 0 Å². The van der Waals surface area contributed by atoms with Crippen LogP contribution < -0.4 is 20.8 Å². The maximum absolute atomic E-state index is 2.19. The summed E-state index contributed by atoms with van der Waals surface area (Å²) >= 11 is 0. The minimum atomic E-state index is 1.25. The largest absolute Gasteiger partial charge is 0.342 e. The van der Waals surface area contributed by atoms with Gasteiger partial charge < -0.3 is 9.84 Å². The molecule has 0 saturated carbocycles. The topological polar surface area (TPSA) is 6.48 Å². The number of benzene rings is 2. The quantitative estimate of drug-likeness (QED) is 0.571. The molecule has 2 aliphatic rings. The third kappa shape index (κ3) is 0.941. The van der Waals surface area contributed by atoms with Crippen molar-refractivity contribution in [3.05, 3.63) is 48.5 Å². The molecule has 4 rings (SSSR count). The predicted octanol–water partition coefficient (Wildman–Crippen LogP) is 0.431. The van der Waals surface area contributed by atoms with E-state index in [0.29, 0.717) is 0 Å². The van der Waals surface area contributed by atoms with Crippen LogP contribution in [0.15, 0.2) is 48.5 Å². The SMILES string of the molecule is [B]1c2ccccc2N2[B]c3ccccc3N12. The third-order valence-electron chi connectivity index (χ3n) is 3.12. The second-order valence-corrected chi connectivity index (χ2v) is 4.06. The molecule has 0 spiro atoms. The second kappa shape index (κ2) is 2.85. The molecular weight excluding hydrogens is 194 g/mol. The van der Waals surface area contributed by atoms with Crippen molar-refractivity contribution in [3.8, 4) is 0 Å². The second-order valence-electron chi connectivity index (χ2n) is 4.06. The van der Waals surface area contributed by atoms with E-state index in [1.807, 2.05) is 0 Å². The van der Waals surface area contributed by atoms with Crippen molar-refractivity contribution in [1.29, 1.82) is 0 Å². The Hall–Kier alpha value is -1.83. The molecule has 2 heterocycles. The lowest BCUT2D eigenvalue weighted by Crippen LogP contribution is -2.38. The summed E-state index contributed by atoms with van der Waals surface area (Å²) in [7, 11) is 4.36. The number of para-hydroxylation sites is 2. The highest BCUT2D eigenvalue weighted by Gasteiger charge is 2.35. The summed E-state index contributed by atoms with van der Waals surface area (Å²) in [5.41, 5.74) is 5.04. The molecule has 2 aromatic rings. The molecule has 0 fully saturated rings. The van der Waals surface area contributed by atoms with E-state index in [-0.39, 0.29) is 0 Å². The molecule has 0 amide bonds. The first-order valence-corrected chi connectivity index (χ1v) is 5.40. The van der Waals surface area contributed by atoms with Crippen LogP contribution in [0.3, 0.4) is 0 Å². The molecule has 16 heavy (non-hydrogen) atoms. The van der Waals surface area contributed by atoms with Crippen LogP contribution in [0.2, 0.25) is 0 Å². The maximum Gasteiger partial charge on any atom is 0.314 e. The third-order valence-corrected chi connectivity index (χ3v) is 3.12. The van der Waals surface area contributed by atoms with E-state index in [0.717, 1.165) is 0 Å². The summed E-state index contributed by atoms with van der Waals surface area (Å²) in [4.78, 5) is 4.39. The average Bonchev–Trinajstić information content (AvgIpc) is 2.85. The van der Waals surface area contributed by atoms with Gasteiger partial charge in [-0.25, -0.2) is 0 Å². The lowest BCUT2D eigenvalue weighted by molar-refractivity contribution is 1.19. The molecule has 0 N–H and O–H groups in total. The van der Waals surface area contributed by atoms with Gasteiger partial charge in [0.1, 0.15) is 0 Å². The number of nitrogens with zero attached hydrogens (tertiary/aromatic N) is 2. The molecule has 2 aliphatic heterocycles. The van der Waals surface area contributed by atoms with Gasteiger partial charge in [-0.1, -0.05) is 36.4 Å². The number of rotatable bonds is 0. The highest BCUT2D eigenvalue weighted by atomic mass is 15.6. The summed E-state index contributed by atoms with van der Waals surface area (Å²) in [5, 5.41) is 0. The summed E-state index contributed by atoms with van der Waals surface area (Å²) < 4.78 is 0. The first kappa shape index (κ1) is 8.34. The molecule has 72 valence electrons. The van der Waals surface area contributed by atoms with E-state index in [9.17, 15) is 0 Å². The van der Waals surface area contributed by atoms with Crippen LogP contribution in [0, 0.1) is 0 Å². The van der Waals surface area contributed by atoms with Crippen molar-refractivity contribution < 1.29 is 0 Å². The molecule has 0 saturated heterocycles. The smallest absolute Gasteiger partial charge is 0.314 e. The fourth-order valence-electron chi connectivity index (χ4n) is 2.37. The van der Waals surface area contributed by atoms with Crippen molar-refractivity contribution in [2.45, 2.75) is 0 Å². The van der Waals surface area contributed by atoms with Crippen LogP contribution in [-0.4, -0.2) is 14.8 Å². The van der Waals surface area contributed by atoms with Gasteiger partial charge in [-0.2, -0.15) is 0 Å². The average molecular weight is 202 g/mol. The molecule has 0 aliphatic carbocycles. The molecular formula is C12H8B2N2. The van der Waals surface area contributed by atoms with Gasteiger partial charge in [0.15, 0.2) is 0 Å². The molecule has 0 unspecified atom stereocenters.